The van der Waals surface area contributed by atoms with Gasteiger partial charge in [-0.05, 0) is 31.5 Å². The number of aryl methyl sites for hydroxylation is 1. The third-order valence-electron chi connectivity index (χ3n) is 3.38. The Kier molecular flexibility index (Phi) is 8.01. The average Bonchev–Trinajstić information content (AvgIpc) is 2.56. The molecular weight excluding hydrogens is 378 g/mol. The molecule has 0 aliphatic carbocycles. The van der Waals surface area contributed by atoms with Crippen molar-refractivity contribution in [2.45, 2.75) is 19.4 Å². The van der Waals surface area contributed by atoms with E-state index in [0.29, 0.717) is 17.3 Å². The molecule has 0 fully saturated rings. The number of pyridine rings is 1. The maximum atomic E-state index is 11.9. The van der Waals surface area contributed by atoms with Gasteiger partial charge in [-0.1, -0.05) is 17.7 Å². The summed E-state index contributed by atoms with van der Waals surface area (Å²) in [5, 5.41) is 2.60. The van der Waals surface area contributed by atoms with Gasteiger partial charge in [-0.2, -0.15) is 0 Å². The molecule has 2 aromatic rings. The van der Waals surface area contributed by atoms with Gasteiger partial charge in [0.05, 0.1) is 23.7 Å². The minimum Gasteiger partial charge on any atom is -0.439 e. The highest BCUT2D eigenvalue weighted by Crippen LogP contribution is 2.20. The van der Waals surface area contributed by atoms with Gasteiger partial charge in [0.15, 0.2) is 0 Å². The Morgan fingerprint density at radius 2 is 1.88 bits per heavy atom. The second-order valence-corrected chi connectivity index (χ2v) is 8.07. The third kappa shape index (κ3) is 7.38. The summed E-state index contributed by atoms with van der Waals surface area (Å²) in [6.45, 7) is 1.99. The molecule has 9 heteroatoms. The van der Waals surface area contributed by atoms with Crippen molar-refractivity contribution in [1.82, 2.24) is 4.98 Å². The molecule has 0 aliphatic rings. The van der Waals surface area contributed by atoms with Gasteiger partial charge in [0.25, 0.3) is 0 Å². The Labute approximate surface area is 159 Å². The quantitative estimate of drug-likeness (QED) is 0.738. The molecule has 0 radical (unpaired) electrons. The molecule has 142 valence electrons. The van der Waals surface area contributed by atoms with Crippen molar-refractivity contribution in [1.29, 1.82) is 0 Å². The predicted molar refractivity (Wildman–Crippen MR) is 104 cm³/mol. The highest BCUT2D eigenvalue weighted by atomic mass is 35.5. The first-order valence-corrected chi connectivity index (χ1v) is 9.74. The molecular formula is C17H22ClN3O4S. The summed E-state index contributed by atoms with van der Waals surface area (Å²) in [6, 6.07) is 9.90. The fraction of sp³-hybridized carbons (Fsp3) is 0.294. The zero-order valence-electron chi connectivity index (χ0n) is 14.5. The summed E-state index contributed by atoms with van der Waals surface area (Å²) in [6.07, 6.45) is 2.62. The number of nitrogens with one attached hydrogen (secondary N) is 1. The number of hydrogen-bond donors (Lipinski definition) is 2. The molecule has 0 saturated carbocycles. The van der Waals surface area contributed by atoms with E-state index in [2.05, 4.69) is 10.3 Å². The summed E-state index contributed by atoms with van der Waals surface area (Å²) in [4.78, 5) is 16.1. The van der Waals surface area contributed by atoms with Crippen LogP contribution in [0.1, 0.15) is 12.0 Å². The second kappa shape index (κ2) is 9.51. The zero-order valence-corrected chi connectivity index (χ0v) is 16.1. The Hall–Kier alpha value is -2.16. The van der Waals surface area contributed by atoms with E-state index in [9.17, 15) is 13.2 Å². The van der Waals surface area contributed by atoms with Gasteiger partial charge in [0.2, 0.25) is 11.8 Å². The van der Waals surface area contributed by atoms with Crippen LogP contribution in [0, 0.1) is 6.92 Å². The van der Waals surface area contributed by atoms with E-state index in [-0.39, 0.29) is 24.6 Å². The third-order valence-corrected chi connectivity index (χ3v) is 4.36. The molecule has 1 amide bonds. The van der Waals surface area contributed by atoms with Gasteiger partial charge < -0.3 is 15.8 Å². The molecule has 0 bridgehead atoms. The van der Waals surface area contributed by atoms with Gasteiger partial charge in [-0.15, -0.1) is 12.4 Å². The maximum absolute atomic E-state index is 11.9. The van der Waals surface area contributed by atoms with Crippen LogP contribution >= 0.6 is 12.4 Å². The number of ether oxygens (including phenoxy) is 1. The first-order valence-electron chi connectivity index (χ1n) is 7.68. The minimum atomic E-state index is -3.15. The van der Waals surface area contributed by atoms with Gasteiger partial charge in [-0.3, -0.25) is 4.79 Å². The Bertz CT molecular complexity index is 824. The molecule has 1 unspecified atom stereocenters. The van der Waals surface area contributed by atoms with Crippen LogP contribution in [0.5, 0.6) is 11.6 Å². The molecule has 1 aromatic heterocycles. The fourth-order valence-corrected chi connectivity index (χ4v) is 2.63. The van der Waals surface area contributed by atoms with Crippen LogP contribution in [-0.2, 0) is 14.6 Å². The SMILES string of the molecule is Cc1ccc(Oc2ccc(NC(=O)C(N)CCS(C)(=O)=O)cn2)cc1.Cl. The summed E-state index contributed by atoms with van der Waals surface area (Å²) in [5.74, 6) is 0.460. The van der Waals surface area contributed by atoms with Crippen molar-refractivity contribution in [3.63, 3.8) is 0 Å². The van der Waals surface area contributed by atoms with Crippen molar-refractivity contribution < 1.29 is 17.9 Å². The molecule has 0 aliphatic heterocycles. The van der Waals surface area contributed by atoms with Gasteiger partial charge in [0, 0.05) is 12.3 Å². The number of aromatic nitrogens is 1. The normalized spacial score (nSPS) is 12.0. The van der Waals surface area contributed by atoms with E-state index in [1.807, 2.05) is 31.2 Å². The number of amides is 1. The van der Waals surface area contributed by atoms with E-state index >= 15 is 0 Å². The van der Waals surface area contributed by atoms with Crippen molar-refractivity contribution in [2.75, 3.05) is 17.3 Å². The zero-order chi connectivity index (χ0) is 18.4. The van der Waals surface area contributed by atoms with Crippen LogP contribution in [0.25, 0.3) is 0 Å². The number of nitrogens with zero attached hydrogens (tertiary/aromatic N) is 1. The van der Waals surface area contributed by atoms with E-state index in [1.165, 1.54) is 6.20 Å². The molecule has 0 saturated heterocycles. The lowest BCUT2D eigenvalue weighted by atomic mass is 10.2. The lowest BCUT2D eigenvalue weighted by Crippen LogP contribution is -2.37. The van der Waals surface area contributed by atoms with Crippen molar-refractivity contribution in [3.8, 4) is 11.6 Å². The summed E-state index contributed by atoms with van der Waals surface area (Å²) >= 11 is 0. The van der Waals surface area contributed by atoms with E-state index in [1.54, 1.807) is 12.1 Å². The van der Waals surface area contributed by atoms with E-state index in [0.717, 1.165) is 11.8 Å². The largest absolute Gasteiger partial charge is 0.439 e. The number of carbonyl (C=O) groups excluding carboxylic acids is 1. The Balaban J connectivity index is 0.00000338. The highest BCUT2D eigenvalue weighted by Gasteiger charge is 2.16. The summed E-state index contributed by atoms with van der Waals surface area (Å²) in [7, 11) is -3.15. The number of benzene rings is 1. The highest BCUT2D eigenvalue weighted by molar-refractivity contribution is 7.90. The number of carbonyl (C=O) groups is 1. The maximum Gasteiger partial charge on any atom is 0.241 e. The Morgan fingerprint density at radius 1 is 1.23 bits per heavy atom. The topological polar surface area (TPSA) is 111 Å². The van der Waals surface area contributed by atoms with E-state index < -0.39 is 21.8 Å². The molecule has 1 aromatic carbocycles. The predicted octanol–water partition coefficient (Wildman–Crippen LogP) is 2.30. The minimum absolute atomic E-state index is 0. The lowest BCUT2D eigenvalue weighted by molar-refractivity contribution is -0.117. The van der Waals surface area contributed by atoms with Crippen LogP contribution in [0.2, 0.25) is 0 Å². The van der Waals surface area contributed by atoms with Crippen LogP contribution < -0.4 is 15.8 Å². The van der Waals surface area contributed by atoms with Crippen LogP contribution in [0.4, 0.5) is 5.69 Å². The molecule has 26 heavy (non-hydrogen) atoms. The number of anilines is 1. The number of sulfone groups is 1. The standard InChI is InChI=1S/C17H21N3O4S.ClH/c1-12-3-6-14(7-4-12)24-16-8-5-13(11-19-16)20-17(21)15(18)9-10-25(2,22)23;/h3-8,11,15H,9-10,18H2,1-2H3,(H,20,21);1H. The smallest absolute Gasteiger partial charge is 0.241 e. The van der Waals surface area contributed by atoms with Crippen LogP contribution in [0.15, 0.2) is 42.6 Å². The molecule has 1 atom stereocenters. The summed E-state index contributed by atoms with van der Waals surface area (Å²) < 4.78 is 27.8. The second-order valence-electron chi connectivity index (χ2n) is 5.81. The monoisotopic (exact) mass is 399 g/mol. The number of hydrogen-bond acceptors (Lipinski definition) is 6. The lowest BCUT2D eigenvalue weighted by Gasteiger charge is -2.12. The number of rotatable bonds is 7. The first kappa shape index (κ1) is 21.9. The van der Waals surface area contributed by atoms with Crippen molar-refractivity contribution in [3.05, 3.63) is 48.2 Å². The van der Waals surface area contributed by atoms with Crippen LogP contribution in [0.3, 0.4) is 0 Å². The van der Waals surface area contributed by atoms with Crippen molar-refractivity contribution in [2.24, 2.45) is 5.73 Å². The van der Waals surface area contributed by atoms with Gasteiger partial charge >= 0.3 is 0 Å². The Morgan fingerprint density at radius 3 is 2.42 bits per heavy atom. The van der Waals surface area contributed by atoms with Gasteiger partial charge in [-0.25, -0.2) is 13.4 Å². The molecule has 2 rings (SSSR count). The molecule has 7 nitrogen and oxygen atoms in total. The molecule has 1 heterocycles. The first-order chi connectivity index (χ1) is 11.7. The molecule has 0 spiro atoms. The van der Waals surface area contributed by atoms with E-state index in [4.69, 9.17) is 10.5 Å². The molecule has 3 N–H and O–H groups in total. The number of halogens is 1. The van der Waals surface area contributed by atoms with Gasteiger partial charge in [0.1, 0.15) is 15.6 Å². The fourth-order valence-electron chi connectivity index (χ4n) is 1.95. The van der Waals surface area contributed by atoms with Crippen LogP contribution in [-0.4, -0.2) is 37.4 Å². The number of nitrogens with two attached hydrogens (primary N) is 1. The van der Waals surface area contributed by atoms with Crippen molar-refractivity contribution >= 4 is 33.8 Å². The average molecular weight is 400 g/mol. The summed E-state index contributed by atoms with van der Waals surface area (Å²) in [5.41, 5.74) is 7.28.